The van der Waals surface area contributed by atoms with Crippen LogP contribution in [0.5, 0.6) is 0 Å². The van der Waals surface area contributed by atoms with E-state index in [0.717, 1.165) is 16.7 Å². The van der Waals surface area contributed by atoms with Gasteiger partial charge in [-0.25, -0.2) is 4.39 Å². The molecule has 0 amide bonds. The quantitative estimate of drug-likeness (QED) is 0.721. The largest absolute Gasteiger partial charge is 0.372 e. The standard InChI is InChI=1S/C15H11Cl2FO/c16-12-2-1-3-13(18)14(12)15(17)9-4-5-10-7-19-8-11(10)6-9/h1-6,15H,7-8H2. The van der Waals surface area contributed by atoms with E-state index in [9.17, 15) is 4.39 Å². The summed E-state index contributed by atoms with van der Waals surface area (Å²) >= 11 is 12.4. The number of ether oxygens (including phenoxy) is 1. The molecule has 1 aliphatic rings. The second-order valence-electron chi connectivity index (χ2n) is 4.52. The van der Waals surface area contributed by atoms with Crippen molar-refractivity contribution in [3.05, 3.63) is 69.5 Å². The van der Waals surface area contributed by atoms with Gasteiger partial charge in [-0.15, -0.1) is 11.6 Å². The molecule has 0 aliphatic carbocycles. The van der Waals surface area contributed by atoms with Crippen LogP contribution in [0.1, 0.15) is 27.6 Å². The lowest BCUT2D eigenvalue weighted by molar-refractivity contribution is 0.134. The molecule has 0 saturated carbocycles. The first-order valence-corrected chi connectivity index (χ1v) is 6.75. The maximum absolute atomic E-state index is 13.9. The van der Waals surface area contributed by atoms with Gasteiger partial charge in [-0.05, 0) is 28.8 Å². The fourth-order valence-corrected chi connectivity index (χ4v) is 2.95. The van der Waals surface area contributed by atoms with E-state index < -0.39 is 5.38 Å². The van der Waals surface area contributed by atoms with Crippen LogP contribution < -0.4 is 0 Å². The third-order valence-corrected chi connectivity index (χ3v) is 4.09. The Kier molecular flexibility index (Phi) is 3.48. The molecule has 0 radical (unpaired) electrons. The van der Waals surface area contributed by atoms with Crippen molar-refractivity contribution in [1.29, 1.82) is 0 Å². The lowest BCUT2D eigenvalue weighted by Gasteiger charge is -2.14. The predicted octanol–water partition coefficient (Wildman–Crippen LogP) is 4.84. The minimum Gasteiger partial charge on any atom is -0.372 e. The molecule has 0 bridgehead atoms. The fourth-order valence-electron chi connectivity index (χ4n) is 2.27. The molecular formula is C15H11Cl2FO. The van der Waals surface area contributed by atoms with Gasteiger partial charge in [0.05, 0.1) is 18.6 Å². The van der Waals surface area contributed by atoms with Gasteiger partial charge in [0.15, 0.2) is 0 Å². The molecule has 0 spiro atoms. The van der Waals surface area contributed by atoms with Crippen LogP contribution in [0, 0.1) is 5.82 Å². The maximum Gasteiger partial charge on any atom is 0.129 e. The fraction of sp³-hybridized carbons (Fsp3) is 0.200. The number of halogens is 3. The van der Waals surface area contributed by atoms with Gasteiger partial charge in [-0.2, -0.15) is 0 Å². The third kappa shape index (κ3) is 2.36. The molecule has 4 heteroatoms. The van der Waals surface area contributed by atoms with E-state index in [4.69, 9.17) is 27.9 Å². The number of benzene rings is 2. The maximum atomic E-state index is 13.9. The minimum atomic E-state index is -0.598. The molecule has 0 aromatic heterocycles. The summed E-state index contributed by atoms with van der Waals surface area (Å²) in [4.78, 5) is 0. The van der Waals surface area contributed by atoms with E-state index in [1.165, 1.54) is 6.07 Å². The Bertz CT molecular complexity index is 607. The molecule has 98 valence electrons. The molecule has 1 heterocycles. The van der Waals surface area contributed by atoms with Gasteiger partial charge in [0, 0.05) is 10.6 Å². The smallest absolute Gasteiger partial charge is 0.129 e. The summed E-state index contributed by atoms with van der Waals surface area (Å²) < 4.78 is 19.2. The first-order valence-electron chi connectivity index (χ1n) is 5.94. The molecule has 0 N–H and O–H groups in total. The molecule has 1 aliphatic heterocycles. The van der Waals surface area contributed by atoms with Gasteiger partial charge >= 0.3 is 0 Å². The van der Waals surface area contributed by atoms with Crippen LogP contribution in [0.4, 0.5) is 4.39 Å². The number of hydrogen-bond acceptors (Lipinski definition) is 1. The van der Waals surface area contributed by atoms with Gasteiger partial charge in [0.2, 0.25) is 0 Å². The van der Waals surface area contributed by atoms with E-state index in [2.05, 4.69) is 0 Å². The van der Waals surface area contributed by atoms with Crippen LogP contribution in [0.25, 0.3) is 0 Å². The van der Waals surface area contributed by atoms with E-state index >= 15 is 0 Å². The zero-order valence-corrected chi connectivity index (χ0v) is 11.5. The zero-order valence-electron chi connectivity index (χ0n) is 10.00. The summed E-state index contributed by atoms with van der Waals surface area (Å²) in [5, 5.41) is -0.253. The van der Waals surface area contributed by atoms with Crippen LogP contribution in [0.3, 0.4) is 0 Å². The monoisotopic (exact) mass is 296 g/mol. The zero-order chi connectivity index (χ0) is 13.4. The van der Waals surface area contributed by atoms with Gasteiger partial charge in [-0.3, -0.25) is 0 Å². The Labute approximate surface area is 120 Å². The van der Waals surface area contributed by atoms with Crippen LogP contribution >= 0.6 is 23.2 Å². The van der Waals surface area contributed by atoms with Crippen molar-refractivity contribution in [3.8, 4) is 0 Å². The van der Waals surface area contributed by atoms with E-state index in [-0.39, 0.29) is 5.82 Å². The van der Waals surface area contributed by atoms with Gasteiger partial charge in [0.25, 0.3) is 0 Å². The lowest BCUT2D eigenvalue weighted by atomic mass is 9.99. The molecule has 19 heavy (non-hydrogen) atoms. The molecule has 2 aromatic rings. The molecule has 0 saturated heterocycles. The molecule has 2 aromatic carbocycles. The summed E-state index contributed by atoms with van der Waals surface area (Å²) in [5.74, 6) is -0.385. The van der Waals surface area contributed by atoms with Gasteiger partial charge in [-0.1, -0.05) is 35.9 Å². The molecule has 1 nitrogen and oxygen atoms in total. The van der Waals surface area contributed by atoms with Crippen molar-refractivity contribution in [2.24, 2.45) is 0 Å². The first kappa shape index (κ1) is 12.9. The van der Waals surface area contributed by atoms with Crippen LogP contribution in [-0.2, 0) is 18.0 Å². The molecule has 3 rings (SSSR count). The van der Waals surface area contributed by atoms with Crippen molar-refractivity contribution in [1.82, 2.24) is 0 Å². The van der Waals surface area contributed by atoms with Crippen molar-refractivity contribution < 1.29 is 9.13 Å². The van der Waals surface area contributed by atoms with E-state index in [1.54, 1.807) is 12.1 Å². The number of hydrogen-bond donors (Lipinski definition) is 0. The van der Waals surface area contributed by atoms with Crippen molar-refractivity contribution in [2.45, 2.75) is 18.6 Å². The van der Waals surface area contributed by atoms with Gasteiger partial charge < -0.3 is 4.74 Å². The summed E-state index contributed by atoms with van der Waals surface area (Å²) in [6.45, 7) is 1.21. The Morgan fingerprint density at radius 2 is 1.89 bits per heavy atom. The Morgan fingerprint density at radius 1 is 1.11 bits per heavy atom. The lowest BCUT2D eigenvalue weighted by Crippen LogP contribution is -1.99. The number of rotatable bonds is 2. The van der Waals surface area contributed by atoms with Crippen molar-refractivity contribution in [3.63, 3.8) is 0 Å². The number of alkyl halides is 1. The van der Waals surface area contributed by atoms with E-state index in [1.807, 2.05) is 18.2 Å². The SMILES string of the molecule is Fc1cccc(Cl)c1C(Cl)c1ccc2c(c1)COC2. The molecule has 1 atom stereocenters. The topological polar surface area (TPSA) is 9.23 Å². The summed E-state index contributed by atoms with van der Waals surface area (Å²) in [6, 6.07) is 10.4. The second-order valence-corrected chi connectivity index (χ2v) is 5.36. The molecular weight excluding hydrogens is 286 g/mol. The van der Waals surface area contributed by atoms with E-state index in [0.29, 0.717) is 23.8 Å². The minimum absolute atomic E-state index is 0.324. The summed E-state index contributed by atoms with van der Waals surface area (Å²) in [7, 11) is 0. The van der Waals surface area contributed by atoms with Crippen molar-refractivity contribution >= 4 is 23.2 Å². The Morgan fingerprint density at radius 3 is 2.68 bits per heavy atom. The highest BCUT2D eigenvalue weighted by atomic mass is 35.5. The second kappa shape index (κ2) is 5.12. The number of fused-ring (bicyclic) bond motifs is 1. The highest BCUT2D eigenvalue weighted by Crippen LogP contribution is 2.36. The van der Waals surface area contributed by atoms with Crippen LogP contribution in [0.15, 0.2) is 36.4 Å². The average Bonchev–Trinajstić information content (AvgIpc) is 2.85. The normalized spacial score (nSPS) is 15.3. The van der Waals surface area contributed by atoms with Gasteiger partial charge in [0.1, 0.15) is 5.82 Å². The van der Waals surface area contributed by atoms with Crippen LogP contribution in [0.2, 0.25) is 5.02 Å². The van der Waals surface area contributed by atoms with Crippen molar-refractivity contribution in [2.75, 3.05) is 0 Å². The predicted molar refractivity (Wildman–Crippen MR) is 74.0 cm³/mol. The average molecular weight is 297 g/mol. The highest BCUT2D eigenvalue weighted by Gasteiger charge is 2.20. The third-order valence-electron chi connectivity index (χ3n) is 3.29. The Balaban J connectivity index is 2.02. The molecule has 0 fully saturated rings. The van der Waals surface area contributed by atoms with Crippen LogP contribution in [-0.4, -0.2) is 0 Å². The first-order chi connectivity index (χ1) is 9.16. The Hall–Kier alpha value is -1.09. The summed E-state index contributed by atoms with van der Waals surface area (Å²) in [6.07, 6.45) is 0. The highest BCUT2D eigenvalue weighted by molar-refractivity contribution is 6.33. The summed E-state index contributed by atoms with van der Waals surface area (Å²) in [5.41, 5.74) is 3.42. The molecule has 1 unspecified atom stereocenters.